The van der Waals surface area contributed by atoms with Crippen molar-refractivity contribution in [2.24, 2.45) is 17.6 Å². The number of likely N-dealkylation sites (tertiary alicyclic amines) is 1. The Morgan fingerprint density at radius 1 is 1.21 bits per heavy atom. The van der Waals surface area contributed by atoms with Crippen LogP contribution in [0.25, 0.3) is 10.1 Å². The Morgan fingerprint density at radius 2 is 2.11 bits per heavy atom. The number of rotatable bonds is 2. The van der Waals surface area contributed by atoms with Crippen LogP contribution in [0.4, 0.5) is 0 Å². The van der Waals surface area contributed by atoms with Crippen molar-refractivity contribution in [3.8, 4) is 0 Å². The molecule has 2 fully saturated rings. The van der Waals surface area contributed by atoms with Crippen LogP contribution in [-0.4, -0.2) is 24.0 Å². The van der Waals surface area contributed by atoms with Gasteiger partial charge in [0.25, 0.3) is 0 Å². The standard InChI is InChI=1S/C16H20N2S/c17-15-6-5-11-7-18(9-14(11)15)8-12-10-19-16-4-2-1-3-13(12)16/h1-4,10-11,14-15H,5-9,17H2. The zero-order valence-corrected chi connectivity index (χ0v) is 11.9. The highest BCUT2D eigenvalue weighted by atomic mass is 32.1. The number of hydrogen-bond acceptors (Lipinski definition) is 3. The van der Waals surface area contributed by atoms with Crippen molar-refractivity contribution in [2.75, 3.05) is 13.1 Å². The number of nitrogens with zero attached hydrogens (tertiary/aromatic N) is 1. The average molecular weight is 272 g/mol. The summed E-state index contributed by atoms with van der Waals surface area (Å²) in [5.74, 6) is 1.62. The minimum Gasteiger partial charge on any atom is -0.327 e. The van der Waals surface area contributed by atoms with E-state index >= 15 is 0 Å². The van der Waals surface area contributed by atoms with Crippen LogP contribution >= 0.6 is 11.3 Å². The molecule has 2 aromatic rings. The van der Waals surface area contributed by atoms with E-state index in [1.807, 2.05) is 11.3 Å². The van der Waals surface area contributed by atoms with Crippen molar-refractivity contribution >= 4 is 21.4 Å². The smallest absolute Gasteiger partial charge is 0.0346 e. The molecule has 0 spiro atoms. The second-order valence-corrected chi connectivity index (χ2v) is 7.03. The highest BCUT2D eigenvalue weighted by Gasteiger charge is 2.40. The van der Waals surface area contributed by atoms with Gasteiger partial charge in [-0.05, 0) is 47.1 Å². The van der Waals surface area contributed by atoms with Crippen LogP contribution in [0.3, 0.4) is 0 Å². The third kappa shape index (κ3) is 2.00. The maximum atomic E-state index is 6.22. The normalized spacial score (nSPS) is 31.1. The van der Waals surface area contributed by atoms with Crippen molar-refractivity contribution in [2.45, 2.75) is 25.4 Å². The minimum atomic E-state index is 0.453. The van der Waals surface area contributed by atoms with Gasteiger partial charge in [0.2, 0.25) is 0 Å². The largest absolute Gasteiger partial charge is 0.327 e. The van der Waals surface area contributed by atoms with Crippen LogP contribution in [0, 0.1) is 11.8 Å². The van der Waals surface area contributed by atoms with E-state index in [-0.39, 0.29) is 0 Å². The minimum absolute atomic E-state index is 0.453. The molecule has 0 amide bonds. The van der Waals surface area contributed by atoms with Gasteiger partial charge in [0.1, 0.15) is 0 Å². The summed E-state index contributed by atoms with van der Waals surface area (Å²) in [6.07, 6.45) is 2.58. The van der Waals surface area contributed by atoms with E-state index in [2.05, 4.69) is 34.5 Å². The van der Waals surface area contributed by atoms with Crippen molar-refractivity contribution in [1.82, 2.24) is 4.90 Å². The number of benzene rings is 1. The highest BCUT2D eigenvalue weighted by molar-refractivity contribution is 7.17. The van der Waals surface area contributed by atoms with Gasteiger partial charge >= 0.3 is 0 Å². The molecule has 3 unspecified atom stereocenters. The summed E-state index contributed by atoms with van der Waals surface area (Å²) in [5, 5.41) is 3.77. The quantitative estimate of drug-likeness (QED) is 0.910. The van der Waals surface area contributed by atoms with Crippen molar-refractivity contribution < 1.29 is 0 Å². The van der Waals surface area contributed by atoms with Crippen LogP contribution in [0.2, 0.25) is 0 Å². The van der Waals surface area contributed by atoms with Crippen molar-refractivity contribution in [1.29, 1.82) is 0 Å². The predicted molar refractivity (Wildman–Crippen MR) is 81.3 cm³/mol. The van der Waals surface area contributed by atoms with Crippen LogP contribution in [0.5, 0.6) is 0 Å². The Bertz CT molecular complexity index is 591. The number of thiophene rings is 1. The Morgan fingerprint density at radius 3 is 3.00 bits per heavy atom. The lowest BCUT2D eigenvalue weighted by Gasteiger charge is -2.18. The predicted octanol–water partition coefficient (Wildman–Crippen LogP) is 3.07. The maximum absolute atomic E-state index is 6.22. The zero-order valence-electron chi connectivity index (χ0n) is 11.1. The second-order valence-electron chi connectivity index (χ2n) is 6.12. The molecule has 1 aliphatic carbocycles. The summed E-state index contributed by atoms with van der Waals surface area (Å²) in [5.41, 5.74) is 7.72. The number of hydrogen-bond donors (Lipinski definition) is 1. The first-order valence-corrected chi connectivity index (χ1v) is 8.12. The summed E-state index contributed by atoms with van der Waals surface area (Å²) in [7, 11) is 0. The van der Waals surface area contributed by atoms with Gasteiger partial charge in [-0.1, -0.05) is 18.2 Å². The number of nitrogens with two attached hydrogens (primary N) is 1. The number of fused-ring (bicyclic) bond motifs is 2. The van der Waals surface area contributed by atoms with E-state index < -0.39 is 0 Å². The van der Waals surface area contributed by atoms with Crippen LogP contribution < -0.4 is 5.73 Å². The molecule has 0 bridgehead atoms. The fraction of sp³-hybridized carbons (Fsp3) is 0.500. The molecule has 0 radical (unpaired) electrons. The lowest BCUT2D eigenvalue weighted by Crippen LogP contribution is -2.30. The van der Waals surface area contributed by atoms with E-state index in [1.54, 1.807) is 0 Å². The molecule has 2 nitrogen and oxygen atoms in total. The fourth-order valence-corrected chi connectivity index (χ4v) is 4.88. The van der Waals surface area contributed by atoms with Crippen LogP contribution in [0.15, 0.2) is 29.6 Å². The van der Waals surface area contributed by atoms with E-state index in [0.29, 0.717) is 6.04 Å². The summed E-state index contributed by atoms with van der Waals surface area (Å²) >= 11 is 1.87. The van der Waals surface area contributed by atoms with Gasteiger partial charge in [-0.2, -0.15) is 0 Å². The first-order chi connectivity index (χ1) is 9.31. The molecule has 2 N–H and O–H groups in total. The molecular weight excluding hydrogens is 252 g/mol. The molecule has 2 heterocycles. The van der Waals surface area contributed by atoms with Gasteiger partial charge in [-0.3, -0.25) is 4.90 Å². The summed E-state index contributed by atoms with van der Waals surface area (Å²) < 4.78 is 1.41. The highest BCUT2D eigenvalue weighted by Crippen LogP contribution is 2.38. The van der Waals surface area contributed by atoms with E-state index in [9.17, 15) is 0 Å². The van der Waals surface area contributed by atoms with Crippen molar-refractivity contribution in [3.63, 3.8) is 0 Å². The molecule has 100 valence electrons. The lowest BCUT2D eigenvalue weighted by molar-refractivity contribution is 0.299. The maximum Gasteiger partial charge on any atom is 0.0346 e. The molecule has 1 aromatic heterocycles. The van der Waals surface area contributed by atoms with Gasteiger partial charge in [-0.25, -0.2) is 0 Å². The lowest BCUT2D eigenvalue weighted by atomic mass is 9.98. The summed E-state index contributed by atoms with van der Waals surface area (Å²) in [6.45, 7) is 3.56. The third-order valence-electron chi connectivity index (χ3n) is 4.94. The Balaban J connectivity index is 1.53. The van der Waals surface area contributed by atoms with E-state index in [0.717, 1.165) is 18.4 Å². The SMILES string of the molecule is NC1CCC2CN(Cc3csc4ccccc34)CC12. The molecule has 4 rings (SSSR count). The first-order valence-electron chi connectivity index (χ1n) is 7.24. The molecule has 2 aliphatic rings. The molecule has 1 saturated heterocycles. The van der Waals surface area contributed by atoms with Crippen LogP contribution in [0.1, 0.15) is 18.4 Å². The van der Waals surface area contributed by atoms with Gasteiger partial charge in [0.15, 0.2) is 0 Å². The molecule has 1 aliphatic heterocycles. The van der Waals surface area contributed by atoms with Crippen molar-refractivity contribution in [3.05, 3.63) is 35.2 Å². The van der Waals surface area contributed by atoms with Gasteiger partial charge in [0, 0.05) is 30.4 Å². The molecule has 1 aromatic carbocycles. The zero-order chi connectivity index (χ0) is 12.8. The molecular formula is C16H20N2S. The van der Waals surface area contributed by atoms with E-state index in [4.69, 9.17) is 5.73 Å². The molecule has 1 saturated carbocycles. The summed E-state index contributed by atoms with van der Waals surface area (Å²) in [6, 6.07) is 9.20. The molecule has 19 heavy (non-hydrogen) atoms. The fourth-order valence-electron chi connectivity index (χ4n) is 3.92. The average Bonchev–Trinajstić information content (AvgIpc) is 3.09. The third-order valence-corrected chi connectivity index (χ3v) is 5.96. The Hall–Kier alpha value is -0.900. The van der Waals surface area contributed by atoms with Gasteiger partial charge < -0.3 is 5.73 Å². The first kappa shape index (κ1) is 11.9. The Labute approximate surface area is 118 Å². The topological polar surface area (TPSA) is 29.3 Å². The van der Waals surface area contributed by atoms with Gasteiger partial charge in [0.05, 0.1) is 0 Å². The van der Waals surface area contributed by atoms with Crippen LogP contribution in [-0.2, 0) is 6.54 Å². The van der Waals surface area contributed by atoms with Gasteiger partial charge in [-0.15, -0.1) is 11.3 Å². The van der Waals surface area contributed by atoms with E-state index in [1.165, 1.54) is 41.6 Å². The second kappa shape index (κ2) is 4.58. The monoisotopic (exact) mass is 272 g/mol. The molecule has 3 atom stereocenters. The summed E-state index contributed by atoms with van der Waals surface area (Å²) in [4.78, 5) is 2.61. The Kier molecular flexibility index (Phi) is 2.87. The molecule has 3 heteroatoms.